The lowest BCUT2D eigenvalue weighted by Gasteiger charge is -2.24. The van der Waals surface area contributed by atoms with Crippen molar-refractivity contribution in [3.8, 4) is 11.5 Å². The molecular weight excluding hydrogens is 328 g/mol. The number of carbonyl (C=O) groups excluding carboxylic acids is 1. The summed E-state index contributed by atoms with van der Waals surface area (Å²) in [4.78, 5) is 10.1. The highest BCUT2D eigenvalue weighted by Crippen LogP contribution is 2.22. The molecule has 0 saturated heterocycles. The molecule has 26 heavy (non-hydrogen) atoms. The zero-order valence-electron chi connectivity index (χ0n) is 17.1. The molecule has 5 nitrogen and oxygen atoms in total. The lowest BCUT2D eigenvalue weighted by molar-refractivity contribution is -0.0979. The van der Waals surface area contributed by atoms with Gasteiger partial charge in [0.2, 0.25) is 0 Å². The zero-order chi connectivity index (χ0) is 20.8. The maximum Gasteiger partial charge on any atom is 0.142 e. The van der Waals surface area contributed by atoms with E-state index >= 15 is 0 Å². The second kappa shape index (κ2) is 22.6. The number of phenols is 1. The van der Waals surface area contributed by atoms with Crippen molar-refractivity contribution < 1.29 is 14.6 Å². The monoisotopic (exact) mass is 364 g/mol. The number of ether oxygens (including phenoxy) is 1. The van der Waals surface area contributed by atoms with Crippen molar-refractivity contribution in [1.82, 2.24) is 4.90 Å². The van der Waals surface area contributed by atoms with Crippen molar-refractivity contribution in [2.45, 2.75) is 34.2 Å². The van der Waals surface area contributed by atoms with Crippen LogP contribution in [0.3, 0.4) is 0 Å². The van der Waals surface area contributed by atoms with Crippen LogP contribution in [0.25, 0.3) is 0 Å². The van der Waals surface area contributed by atoms with E-state index in [4.69, 9.17) is 14.6 Å². The van der Waals surface area contributed by atoms with Gasteiger partial charge in [-0.3, -0.25) is 4.90 Å². The van der Waals surface area contributed by atoms with E-state index in [9.17, 15) is 0 Å². The Hall–Kier alpha value is -2.37. The van der Waals surface area contributed by atoms with E-state index in [1.165, 1.54) is 12.6 Å². The van der Waals surface area contributed by atoms with E-state index in [0.717, 1.165) is 12.3 Å². The number of para-hydroxylation sites is 2. The van der Waals surface area contributed by atoms with Gasteiger partial charge in [0.1, 0.15) is 25.0 Å². The second-order valence-electron chi connectivity index (χ2n) is 4.23. The summed E-state index contributed by atoms with van der Waals surface area (Å²) in [6.45, 7) is 11.7. The summed E-state index contributed by atoms with van der Waals surface area (Å²) in [5, 5.41) is 8.63. The van der Waals surface area contributed by atoms with Crippen LogP contribution < -0.4 is 10.5 Å². The number of nitrogens with zero attached hydrogens (tertiary/aromatic N) is 1. The summed E-state index contributed by atoms with van der Waals surface area (Å²) in [5.41, 5.74) is 5.78. The maximum absolute atomic E-state index is 8.63. The van der Waals surface area contributed by atoms with Gasteiger partial charge < -0.3 is 20.4 Å². The molecule has 3 N–H and O–H groups in total. The van der Waals surface area contributed by atoms with Gasteiger partial charge in [-0.2, -0.15) is 0 Å². The van der Waals surface area contributed by atoms with Gasteiger partial charge in [0.15, 0.2) is 0 Å². The Morgan fingerprint density at radius 1 is 0.923 bits per heavy atom. The average molecular weight is 365 g/mol. The van der Waals surface area contributed by atoms with E-state index in [-0.39, 0.29) is 0 Å². The lowest BCUT2D eigenvalue weighted by Crippen LogP contribution is -2.27. The first-order valence-electron chi connectivity index (χ1n) is 8.75. The molecule has 148 valence electrons. The summed E-state index contributed by atoms with van der Waals surface area (Å²) in [5.74, 6) is 1.35. The third kappa shape index (κ3) is 14.0. The van der Waals surface area contributed by atoms with E-state index < -0.39 is 0 Å². The van der Waals surface area contributed by atoms with Crippen LogP contribution in [0.2, 0.25) is 0 Å². The Morgan fingerprint density at radius 3 is 1.85 bits per heavy atom. The van der Waals surface area contributed by atoms with E-state index in [1.807, 2.05) is 58.7 Å². The molecule has 0 atom stereocenters. The standard InChI is InChI=1S/C9H11NO.C6H6O.2C2H6.CH5N.CH2O/c1-10-6-8-4-2-3-5-9(8)11-7-10;7-6-4-2-1-3-5-6;4*1-2/h2-5H,6-7H2,1H3;1-5,7H;2*1-2H3;2H2,1H3;1H2. The fourth-order valence-electron chi connectivity index (χ4n) is 1.72. The van der Waals surface area contributed by atoms with Crippen LogP contribution in [0.4, 0.5) is 0 Å². The number of nitrogens with two attached hydrogens (primary N) is 1. The molecular formula is C21H36N2O3. The highest BCUT2D eigenvalue weighted by molar-refractivity contribution is 5.34. The van der Waals surface area contributed by atoms with Gasteiger partial charge in [0.25, 0.3) is 0 Å². The van der Waals surface area contributed by atoms with Crippen LogP contribution in [0.15, 0.2) is 54.6 Å². The smallest absolute Gasteiger partial charge is 0.142 e. The lowest BCUT2D eigenvalue weighted by atomic mass is 10.2. The largest absolute Gasteiger partial charge is 0.508 e. The van der Waals surface area contributed by atoms with Crippen LogP contribution in [-0.2, 0) is 11.3 Å². The van der Waals surface area contributed by atoms with Gasteiger partial charge in [0, 0.05) is 12.1 Å². The van der Waals surface area contributed by atoms with Gasteiger partial charge in [-0.1, -0.05) is 64.1 Å². The fraction of sp³-hybridized carbons (Fsp3) is 0.381. The number of hydrogen-bond donors (Lipinski definition) is 2. The highest BCUT2D eigenvalue weighted by atomic mass is 16.5. The Balaban J connectivity index is -0.000000307. The van der Waals surface area contributed by atoms with Gasteiger partial charge >= 0.3 is 0 Å². The zero-order valence-corrected chi connectivity index (χ0v) is 17.1. The molecule has 2 aromatic carbocycles. The van der Waals surface area contributed by atoms with E-state index in [0.29, 0.717) is 12.5 Å². The topological polar surface area (TPSA) is 75.8 Å². The number of fused-ring (bicyclic) bond motifs is 1. The molecule has 0 amide bonds. The third-order valence-electron chi connectivity index (χ3n) is 2.61. The highest BCUT2D eigenvalue weighted by Gasteiger charge is 2.11. The van der Waals surface area contributed by atoms with Crippen LogP contribution in [-0.4, -0.2) is 37.6 Å². The van der Waals surface area contributed by atoms with Crippen molar-refractivity contribution in [1.29, 1.82) is 0 Å². The van der Waals surface area contributed by atoms with E-state index in [2.05, 4.69) is 23.7 Å². The number of benzene rings is 2. The number of aromatic hydroxyl groups is 1. The molecule has 0 aliphatic carbocycles. The van der Waals surface area contributed by atoms with Crippen LogP contribution in [0.5, 0.6) is 11.5 Å². The quantitative estimate of drug-likeness (QED) is 0.729. The van der Waals surface area contributed by atoms with Crippen molar-refractivity contribution in [3.63, 3.8) is 0 Å². The molecule has 0 aromatic heterocycles. The first kappa shape index (κ1) is 28.4. The summed E-state index contributed by atoms with van der Waals surface area (Å²) in [7, 11) is 3.55. The Morgan fingerprint density at radius 2 is 1.38 bits per heavy atom. The van der Waals surface area contributed by atoms with Gasteiger partial charge in [-0.15, -0.1) is 0 Å². The van der Waals surface area contributed by atoms with Gasteiger partial charge in [0.05, 0.1) is 0 Å². The molecule has 3 rings (SSSR count). The first-order chi connectivity index (χ1) is 12.8. The molecule has 5 heteroatoms. The van der Waals surface area contributed by atoms with Crippen LogP contribution >= 0.6 is 0 Å². The molecule has 0 saturated carbocycles. The van der Waals surface area contributed by atoms with Crippen LogP contribution in [0, 0.1) is 0 Å². The number of carbonyl (C=O) groups is 1. The first-order valence-corrected chi connectivity index (χ1v) is 8.75. The summed E-state index contributed by atoms with van der Waals surface area (Å²) < 4.78 is 5.46. The van der Waals surface area contributed by atoms with Gasteiger partial charge in [-0.05, 0) is 32.3 Å². The molecule has 1 heterocycles. The summed E-state index contributed by atoms with van der Waals surface area (Å²) in [6.07, 6.45) is 0. The summed E-state index contributed by atoms with van der Waals surface area (Å²) in [6, 6.07) is 16.9. The molecule has 1 aliphatic heterocycles. The second-order valence-corrected chi connectivity index (χ2v) is 4.23. The molecule has 0 radical (unpaired) electrons. The predicted octanol–water partition coefficient (Wildman–Crippen LogP) is 4.30. The summed E-state index contributed by atoms with van der Waals surface area (Å²) >= 11 is 0. The Labute approximate surface area is 159 Å². The predicted molar refractivity (Wildman–Crippen MR) is 111 cm³/mol. The molecule has 1 aliphatic rings. The Kier molecular flexibility index (Phi) is 24.7. The molecule has 0 bridgehead atoms. The van der Waals surface area contributed by atoms with Gasteiger partial charge in [-0.25, -0.2) is 0 Å². The fourth-order valence-corrected chi connectivity index (χ4v) is 1.72. The van der Waals surface area contributed by atoms with Crippen molar-refractivity contribution in [2.75, 3.05) is 20.8 Å². The molecule has 2 aromatic rings. The van der Waals surface area contributed by atoms with E-state index in [1.54, 1.807) is 24.3 Å². The van der Waals surface area contributed by atoms with Crippen molar-refractivity contribution in [3.05, 3.63) is 60.2 Å². The number of phenolic OH excluding ortho intramolecular Hbond substituents is 1. The minimum atomic E-state index is 0.322. The third-order valence-corrected chi connectivity index (χ3v) is 2.61. The maximum atomic E-state index is 8.63. The van der Waals surface area contributed by atoms with Crippen molar-refractivity contribution >= 4 is 6.79 Å². The SMILES string of the molecule is C=O.CC.CC.CN.CN1COc2ccccc2C1.Oc1ccccc1. The number of rotatable bonds is 0. The average Bonchev–Trinajstić information content (AvgIpc) is 2.75. The minimum Gasteiger partial charge on any atom is -0.508 e. The van der Waals surface area contributed by atoms with Crippen molar-refractivity contribution in [2.24, 2.45) is 5.73 Å². The normalized spacial score (nSPS) is 10.4. The van der Waals surface area contributed by atoms with Crippen LogP contribution in [0.1, 0.15) is 33.3 Å². The Bertz CT molecular complexity index is 508. The molecule has 0 unspecified atom stereocenters. The molecule has 0 fully saturated rings. The number of hydrogen-bond acceptors (Lipinski definition) is 5. The minimum absolute atomic E-state index is 0.322. The molecule has 0 spiro atoms.